The topological polar surface area (TPSA) is 111 Å². The fraction of sp³-hybridized carbons (Fsp3) is 0.881. The molecule has 300 valence electrons. The van der Waals surface area contributed by atoms with E-state index in [1.54, 1.807) is 0 Å². The minimum Gasteiger partial charge on any atom is -0.545 e. The van der Waals surface area contributed by atoms with Crippen molar-refractivity contribution in [2.24, 2.45) is 0 Å². The summed E-state index contributed by atoms with van der Waals surface area (Å²) in [7, 11) is 5.90. The number of likely N-dealkylation sites (N-methyl/N-ethyl adjacent to an activating group) is 1. The number of quaternary nitrogens is 1. The molecular weight excluding hydrogens is 646 g/mol. The first-order chi connectivity index (χ1) is 24.6. The van der Waals surface area contributed by atoms with Gasteiger partial charge in [-0.3, -0.25) is 9.59 Å². The van der Waals surface area contributed by atoms with Gasteiger partial charge in [0.1, 0.15) is 13.2 Å². The molecule has 0 radical (unpaired) electrons. The van der Waals surface area contributed by atoms with Gasteiger partial charge in [-0.1, -0.05) is 148 Å². The number of unbranched alkanes of at least 4 members (excludes halogenated alkanes) is 21. The first-order valence-electron chi connectivity index (χ1n) is 20.8. The summed E-state index contributed by atoms with van der Waals surface area (Å²) in [6.07, 6.45) is 31.0. The number of aliphatic carboxylic acids is 1. The second kappa shape index (κ2) is 35.1. The number of hydrogen-bond acceptors (Lipinski definition) is 8. The summed E-state index contributed by atoms with van der Waals surface area (Å²) >= 11 is 0. The molecule has 0 aliphatic heterocycles. The van der Waals surface area contributed by atoms with Gasteiger partial charge in [-0.2, -0.15) is 0 Å². The Kier molecular flexibility index (Phi) is 33.7. The van der Waals surface area contributed by atoms with Crippen LogP contribution in [0.5, 0.6) is 0 Å². The quantitative estimate of drug-likeness (QED) is 0.0204. The Labute approximate surface area is 313 Å². The molecule has 0 N–H and O–H groups in total. The van der Waals surface area contributed by atoms with E-state index in [-0.39, 0.29) is 32.2 Å². The van der Waals surface area contributed by atoms with Crippen molar-refractivity contribution < 1.29 is 42.9 Å². The Morgan fingerprint density at radius 3 is 1.53 bits per heavy atom. The summed E-state index contributed by atoms with van der Waals surface area (Å²) in [5.74, 6) is -2.29. The van der Waals surface area contributed by atoms with Crippen LogP contribution in [0.3, 0.4) is 0 Å². The molecule has 0 amide bonds. The molecule has 0 aromatic heterocycles. The van der Waals surface area contributed by atoms with Crippen LogP contribution >= 0.6 is 0 Å². The van der Waals surface area contributed by atoms with Gasteiger partial charge in [-0.15, -0.1) is 0 Å². The number of nitrogens with zero attached hydrogens (tertiary/aromatic N) is 1. The van der Waals surface area contributed by atoms with Crippen molar-refractivity contribution in [1.29, 1.82) is 0 Å². The van der Waals surface area contributed by atoms with E-state index in [2.05, 4.69) is 26.0 Å². The Balaban J connectivity index is 4.41. The summed E-state index contributed by atoms with van der Waals surface area (Å²) in [5, 5.41) is 11.6. The molecule has 2 atom stereocenters. The summed E-state index contributed by atoms with van der Waals surface area (Å²) in [6.45, 7) is 4.67. The number of hydrogen-bond donors (Lipinski definition) is 0. The molecule has 2 unspecified atom stereocenters. The lowest BCUT2D eigenvalue weighted by molar-refractivity contribution is -0.870. The fourth-order valence-electron chi connectivity index (χ4n) is 5.71. The Morgan fingerprint density at radius 1 is 0.569 bits per heavy atom. The van der Waals surface area contributed by atoms with Crippen LogP contribution in [-0.4, -0.2) is 82.3 Å². The maximum absolute atomic E-state index is 12.6. The minimum atomic E-state index is -1.62. The number of carboxylic acids is 1. The third-order valence-corrected chi connectivity index (χ3v) is 8.99. The molecule has 0 bridgehead atoms. The maximum Gasteiger partial charge on any atom is 0.306 e. The van der Waals surface area contributed by atoms with Crippen LogP contribution in [0.2, 0.25) is 0 Å². The van der Waals surface area contributed by atoms with E-state index in [1.807, 2.05) is 21.1 Å². The van der Waals surface area contributed by atoms with Crippen molar-refractivity contribution >= 4 is 17.9 Å². The van der Waals surface area contributed by atoms with Crippen molar-refractivity contribution in [3.63, 3.8) is 0 Å². The molecule has 0 heterocycles. The zero-order chi connectivity index (χ0) is 37.8. The lowest BCUT2D eigenvalue weighted by Crippen LogP contribution is -2.44. The number of carbonyl (C=O) groups is 3. The van der Waals surface area contributed by atoms with E-state index >= 15 is 0 Å². The molecule has 9 heteroatoms. The zero-order valence-corrected chi connectivity index (χ0v) is 33.7. The molecule has 0 aliphatic carbocycles. The van der Waals surface area contributed by atoms with Gasteiger partial charge in [0.2, 0.25) is 0 Å². The number of esters is 2. The van der Waals surface area contributed by atoms with Gasteiger partial charge in [0, 0.05) is 12.8 Å². The van der Waals surface area contributed by atoms with Crippen LogP contribution in [0.25, 0.3) is 0 Å². The van der Waals surface area contributed by atoms with Crippen molar-refractivity contribution in [1.82, 2.24) is 0 Å². The maximum atomic E-state index is 12.6. The first kappa shape index (κ1) is 49.0. The number of carbonyl (C=O) groups excluding carboxylic acids is 3. The Morgan fingerprint density at radius 2 is 1.04 bits per heavy atom. The third kappa shape index (κ3) is 36.2. The highest BCUT2D eigenvalue weighted by atomic mass is 16.7. The van der Waals surface area contributed by atoms with Crippen molar-refractivity contribution in [3.05, 3.63) is 12.2 Å². The van der Waals surface area contributed by atoms with Gasteiger partial charge < -0.3 is 33.3 Å². The second-order valence-corrected chi connectivity index (χ2v) is 15.3. The van der Waals surface area contributed by atoms with Crippen LogP contribution in [0, 0.1) is 0 Å². The molecule has 0 aliphatic rings. The zero-order valence-electron chi connectivity index (χ0n) is 33.7. The van der Waals surface area contributed by atoms with E-state index in [4.69, 9.17) is 18.9 Å². The van der Waals surface area contributed by atoms with Crippen LogP contribution in [0.15, 0.2) is 12.2 Å². The summed E-state index contributed by atoms with van der Waals surface area (Å²) in [4.78, 5) is 36.8. The lowest BCUT2D eigenvalue weighted by Gasteiger charge is -2.26. The Hall–Kier alpha value is -1.97. The Bertz CT molecular complexity index is 856. The van der Waals surface area contributed by atoms with Crippen LogP contribution in [0.1, 0.15) is 181 Å². The first-order valence-corrected chi connectivity index (χ1v) is 20.8. The monoisotopic (exact) mass is 726 g/mol. The molecule has 0 aromatic carbocycles. The predicted octanol–water partition coefficient (Wildman–Crippen LogP) is 9.00. The highest BCUT2D eigenvalue weighted by Gasteiger charge is 2.21. The average Bonchev–Trinajstić information content (AvgIpc) is 3.08. The van der Waals surface area contributed by atoms with E-state index in [1.165, 1.54) is 89.9 Å². The molecule has 0 aromatic rings. The SMILES string of the molecule is CCC/C=C\CCCCCCCC(=O)OC(COC(=O)CCCCCCCCCCCCCCCCCC)COC(OCC[N+](C)(C)C)C(=O)[O-]. The van der Waals surface area contributed by atoms with Gasteiger partial charge in [-0.05, 0) is 32.1 Å². The molecule has 0 saturated heterocycles. The van der Waals surface area contributed by atoms with Gasteiger partial charge in [-0.25, -0.2) is 0 Å². The largest absolute Gasteiger partial charge is 0.545 e. The van der Waals surface area contributed by atoms with Crippen molar-refractivity contribution in [2.45, 2.75) is 193 Å². The van der Waals surface area contributed by atoms with Crippen LogP contribution < -0.4 is 5.11 Å². The summed E-state index contributed by atoms with van der Waals surface area (Å²) < 4.78 is 22.5. The second-order valence-electron chi connectivity index (χ2n) is 15.3. The lowest BCUT2D eigenvalue weighted by atomic mass is 10.0. The smallest absolute Gasteiger partial charge is 0.306 e. The fourth-order valence-corrected chi connectivity index (χ4v) is 5.71. The van der Waals surface area contributed by atoms with Gasteiger partial charge in [0.15, 0.2) is 12.4 Å². The van der Waals surface area contributed by atoms with E-state index < -0.39 is 24.3 Å². The average molecular weight is 726 g/mol. The third-order valence-electron chi connectivity index (χ3n) is 8.99. The predicted molar refractivity (Wildman–Crippen MR) is 205 cm³/mol. The number of allylic oxidation sites excluding steroid dienone is 2. The molecule has 9 nitrogen and oxygen atoms in total. The highest BCUT2D eigenvalue weighted by molar-refractivity contribution is 5.70. The van der Waals surface area contributed by atoms with Crippen LogP contribution in [-0.2, 0) is 33.3 Å². The van der Waals surface area contributed by atoms with E-state index in [0.717, 1.165) is 57.8 Å². The number of carboxylic acid groups (broad SMARTS) is 1. The number of rotatable bonds is 38. The summed E-state index contributed by atoms with van der Waals surface area (Å²) in [6, 6.07) is 0. The summed E-state index contributed by atoms with van der Waals surface area (Å²) in [5.41, 5.74) is 0. The molecule has 0 rings (SSSR count). The van der Waals surface area contributed by atoms with Gasteiger partial charge in [0.25, 0.3) is 0 Å². The highest BCUT2D eigenvalue weighted by Crippen LogP contribution is 2.15. The normalized spacial score (nSPS) is 13.0. The molecule has 51 heavy (non-hydrogen) atoms. The van der Waals surface area contributed by atoms with Gasteiger partial charge in [0.05, 0.1) is 40.3 Å². The standard InChI is InChI=1S/C42H79NO8/c1-6-8-10-12-14-16-18-19-20-21-22-23-25-26-28-30-32-39(44)49-36-38(37-50-42(41(46)47)48-35-34-43(3,4)5)51-40(45)33-31-29-27-24-17-15-13-11-9-7-2/h11,13,38,42H,6-10,12,14-37H2,1-5H3/b13-11-. The molecule has 0 spiro atoms. The molecule has 0 fully saturated rings. The molecule has 0 saturated carbocycles. The molecular formula is C42H79NO8. The van der Waals surface area contributed by atoms with E-state index in [9.17, 15) is 19.5 Å². The van der Waals surface area contributed by atoms with Crippen molar-refractivity contribution in [2.75, 3.05) is 47.5 Å². The number of ether oxygens (including phenoxy) is 4. The van der Waals surface area contributed by atoms with Crippen molar-refractivity contribution in [3.8, 4) is 0 Å². The van der Waals surface area contributed by atoms with Crippen LogP contribution in [0.4, 0.5) is 0 Å². The minimum absolute atomic E-state index is 0.149. The van der Waals surface area contributed by atoms with E-state index in [0.29, 0.717) is 23.9 Å². The van der Waals surface area contributed by atoms with Gasteiger partial charge >= 0.3 is 11.9 Å².